The molecule has 0 aliphatic heterocycles. The molecule has 4 heteroatoms. The summed E-state index contributed by atoms with van der Waals surface area (Å²) in [6.07, 6.45) is -1.11. The summed E-state index contributed by atoms with van der Waals surface area (Å²) in [6, 6.07) is 39.5. The average Bonchev–Trinajstić information content (AvgIpc) is 3.23. The SMILES string of the molecule is FC1(F)C[C@H](COC(c2ccccc2)(c2ccccc2)c2ccccc2)C[C@H]1OCc1ccccc1. The minimum Gasteiger partial charge on any atom is -0.367 e. The van der Waals surface area contributed by atoms with Crippen molar-refractivity contribution < 1.29 is 18.3 Å². The molecule has 0 saturated heterocycles. The first-order valence-corrected chi connectivity index (χ1v) is 12.4. The third-order valence-corrected chi connectivity index (χ3v) is 6.95. The van der Waals surface area contributed by atoms with E-state index in [1.165, 1.54) is 0 Å². The minimum atomic E-state index is -2.89. The maximum absolute atomic E-state index is 15.0. The lowest BCUT2D eigenvalue weighted by atomic mass is 9.80. The molecule has 0 spiro atoms. The van der Waals surface area contributed by atoms with Crippen molar-refractivity contribution >= 4 is 0 Å². The zero-order valence-corrected chi connectivity index (χ0v) is 20.1. The Labute approximate surface area is 211 Å². The number of benzene rings is 4. The fourth-order valence-corrected chi connectivity index (χ4v) is 5.17. The van der Waals surface area contributed by atoms with Gasteiger partial charge in [-0.25, -0.2) is 8.78 Å². The van der Waals surface area contributed by atoms with Crippen molar-refractivity contribution in [2.24, 2.45) is 5.92 Å². The van der Waals surface area contributed by atoms with E-state index in [9.17, 15) is 8.78 Å². The van der Waals surface area contributed by atoms with Crippen LogP contribution < -0.4 is 0 Å². The zero-order valence-electron chi connectivity index (χ0n) is 20.1. The van der Waals surface area contributed by atoms with Gasteiger partial charge in [0.25, 0.3) is 5.92 Å². The molecule has 4 aromatic carbocycles. The summed E-state index contributed by atoms with van der Waals surface area (Å²) >= 11 is 0. The second-order valence-electron chi connectivity index (χ2n) is 9.44. The lowest BCUT2D eigenvalue weighted by molar-refractivity contribution is -0.122. The van der Waals surface area contributed by atoms with Crippen LogP contribution in [0, 0.1) is 5.92 Å². The lowest BCUT2D eigenvalue weighted by Gasteiger charge is -2.36. The van der Waals surface area contributed by atoms with E-state index in [1.807, 2.05) is 121 Å². The first-order chi connectivity index (χ1) is 17.6. The Morgan fingerprint density at radius 1 is 0.667 bits per heavy atom. The molecule has 0 amide bonds. The van der Waals surface area contributed by atoms with Gasteiger partial charge in [-0.3, -0.25) is 0 Å². The van der Waals surface area contributed by atoms with Crippen LogP contribution in [0.5, 0.6) is 0 Å². The highest BCUT2D eigenvalue weighted by Crippen LogP contribution is 2.45. The van der Waals surface area contributed by atoms with Crippen LogP contribution in [0.4, 0.5) is 8.78 Å². The lowest BCUT2D eigenvalue weighted by Crippen LogP contribution is -2.34. The molecule has 0 N–H and O–H groups in total. The number of hydrogen-bond donors (Lipinski definition) is 0. The Balaban J connectivity index is 1.41. The van der Waals surface area contributed by atoms with Crippen molar-refractivity contribution in [2.45, 2.75) is 37.1 Å². The Kier molecular flexibility index (Phi) is 7.26. The Morgan fingerprint density at radius 3 is 1.58 bits per heavy atom. The summed E-state index contributed by atoms with van der Waals surface area (Å²) in [4.78, 5) is 0. The molecule has 2 nitrogen and oxygen atoms in total. The summed E-state index contributed by atoms with van der Waals surface area (Å²) in [7, 11) is 0. The van der Waals surface area contributed by atoms with Gasteiger partial charge in [0.2, 0.25) is 0 Å². The molecule has 36 heavy (non-hydrogen) atoms. The molecule has 0 heterocycles. The maximum atomic E-state index is 15.0. The van der Waals surface area contributed by atoms with Crippen LogP contribution in [0.2, 0.25) is 0 Å². The number of ether oxygens (including phenoxy) is 2. The van der Waals surface area contributed by atoms with Gasteiger partial charge in [0.05, 0.1) is 13.2 Å². The molecule has 184 valence electrons. The molecule has 1 aliphatic carbocycles. The average molecular weight is 485 g/mol. The predicted octanol–water partition coefficient (Wildman–Crippen LogP) is 7.63. The van der Waals surface area contributed by atoms with Gasteiger partial charge in [0, 0.05) is 6.42 Å². The van der Waals surface area contributed by atoms with E-state index < -0.39 is 17.6 Å². The molecular weight excluding hydrogens is 454 g/mol. The van der Waals surface area contributed by atoms with Gasteiger partial charge in [-0.05, 0) is 34.6 Å². The molecule has 2 atom stereocenters. The quantitative estimate of drug-likeness (QED) is 0.228. The van der Waals surface area contributed by atoms with Crippen LogP contribution in [0.1, 0.15) is 35.1 Å². The molecule has 1 aliphatic rings. The number of hydrogen-bond acceptors (Lipinski definition) is 2. The molecule has 0 aromatic heterocycles. The first kappa shape index (κ1) is 24.4. The molecule has 1 fully saturated rings. The van der Waals surface area contributed by atoms with E-state index in [-0.39, 0.29) is 32.0 Å². The van der Waals surface area contributed by atoms with Gasteiger partial charge >= 0.3 is 0 Å². The third kappa shape index (κ3) is 5.11. The maximum Gasteiger partial charge on any atom is 0.274 e. The molecule has 0 bridgehead atoms. The molecule has 5 rings (SSSR count). The highest BCUT2D eigenvalue weighted by atomic mass is 19.3. The second-order valence-corrected chi connectivity index (χ2v) is 9.44. The van der Waals surface area contributed by atoms with E-state index >= 15 is 0 Å². The van der Waals surface area contributed by atoms with Gasteiger partial charge in [-0.1, -0.05) is 121 Å². The van der Waals surface area contributed by atoms with Crippen molar-refractivity contribution in [3.05, 3.63) is 144 Å². The van der Waals surface area contributed by atoms with Crippen molar-refractivity contribution in [1.82, 2.24) is 0 Å². The fourth-order valence-electron chi connectivity index (χ4n) is 5.17. The van der Waals surface area contributed by atoms with Gasteiger partial charge in [-0.2, -0.15) is 0 Å². The standard InChI is InChI=1S/C32H30F2O2/c33-31(34)22-26(21-30(31)35-23-25-13-5-1-6-14-25)24-36-32(27-15-7-2-8-16-27,28-17-9-3-10-18-28)29-19-11-4-12-20-29/h1-20,26,30H,21-24H2/t26-,30-/m1/s1. The summed E-state index contributed by atoms with van der Waals surface area (Å²) in [5.41, 5.74) is 2.86. The van der Waals surface area contributed by atoms with Crippen molar-refractivity contribution in [3.63, 3.8) is 0 Å². The fraction of sp³-hybridized carbons (Fsp3) is 0.250. The Morgan fingerprint density at radius 2 is 1.11 bits per heavy atom. The molecule has 0 radical (unpaired) electrons. The predicted molar refractivity (Wildman–Crippen MR) is 138 cm³/mol. The van der Waals surface area contributed by atoms with Crippen LogP contribution in [-0.2, 0) is 21.7 Å². The van der Waals surface area contributed by atoms with E-state index in [0.29, 0.717) is 0 Å². The van der Waals surface area contributed by atoms with Crippen molar-refractivity contribution in [3.8, 4) is 0 Å². The summed E-state index contributed by atoms with van der Waals surface area (Å²) < 4.78 is 42.4. The number of halogens is 2. The second kappa shape index (κ2) is 10.7. The minimum absolute atomic E-state index is 0.177. The highest BCUT2D eigenvalue weighted by Gasteiger charge is 2.50. The summed E-state index contributed by atoms with van der Waals surface area (Å²) in [5, 5.41) is 0. The van der Waals surface area contributed by atoms with Crippen LogP contribution in [0.25, 0.3) is 0 Å². The Hall–Kier alpha value is -3.34. The monoisotopic (exact) mass is 484 g/mol. The molecular formula is C32H30F2O2. The molecule has 0 unspecified atom stereocenters. The summed E-state index contributed by atoms with van der Waals surface area (Å²) in [5.74, 6) is -3.21. The summed E-state index contributed by atoms with van der Waals surface area (Å²) in [6.45, 7) is 0.371. The van der Waals surface area contributed by atoms with Crippen molar-refractivity contribution in [2.75, 3.05) is 6.61 Å². The molecule has 1 saturated carbocycles. The van der Waals surface area contributed by atoms with Crippen LogP contribution in [-0.4, -0.2) is 18.6 Å². The van der Waals surface area contributed by atoms with Gasteiger partial charge in [-0.15, -0.1) is 0 Å². The smallest absolute Gasteiger partial charge is 0.274 e. The van der Waals surface area contributed by atoms with E-state index in [4.69, 9.17) is 9.47 Å². The first-order valence-electron chi connectivity index (χ1n) is 12.4. The normalized spacial score (nSPS) is 19.3. The largest absolute Gasteiger partial charge is 0.367 e. The Bertz CT molecular complexity index is 1120. The zero-order chi connectivity index (χ0) is 24.8. The van der Waals surface area contributed by atoms with E-state index in [1.54, 1.807) is 0 Å². The molecule has 4 aromatic rings. The van der Waals surface area contributed by atoms with E-state index in [2.05, 4.69) is 0 Å². The van der Waals surface area contributed by atoms with E-state index in [0.717, 1.165) is 22.3 Å². The van der Waals surface area contributed by atoms with Crippen LogP contribution in [0.3, 0.4) is 0 Å². The van der Waals surface area contributed by atoms with Gasteiger partial charge < -0.3 is 9.47 Å². The van der Waals surface area contributed by atoms with Crippen molar-refractivity contribution in [1.29, 1.82) is 0 Å². The van der Waals surface area contributed by atoms with Gasteiger partial charge in [0.1, 0.15) is 11.7 Å². The van der Waals surface area contributed by atoms with Crippen LogP contribution >= 0.6 is 0 Å². The topological polar surface area (TPSA) is 18.5 Å². The number of alkyl halides is 2. The van der Waals surface area contributed by atoms with Gasteiger partial charge in [0.15, 0.2) is 0 Å². The number of rotatable bonds is 9. The highest BCUT2D eigenvalue weighted by molar-refractivity contribution is 5.47. The third-order valence-electron chi connectivity index (χ3n) is 6.95. The van der Waals surface area contributed by atoms with Crippen LogP contribution in [0.15, 0.2) is 121 Å².